The van der Waals surface area contributed by atoms with E-state index in [4.69, 9.17) is 32.7 Å². The molecule has 0 saturated heterocycles. The van der Waals surface area contributed by atoms with Crippen molar-refractivity contribution in [2.45, 2.75) is 4.90 Å². The average molecular weight is 543 g/mol. The molecule has 7 nitrogen and oxygen atoms in total. The molecular formula is C26H20Cl2N2O5S. The van der Waals surface area contributed by atoms with Gasteiger partial charge in [-0.25, -0.2) is 8.42 Å². The number of carbonyl (C=O) groups excluding carboxylic acids is 1. The first-order chi connectivity index (χ1) is 17.2. The third-order valence-corrected chi connectivity index (χ3v) is 6.81. The Hall–Kier alpha value is -3.72. The van der Waals surface area contributed by atoms with Crippen molar-refractivity contribution in [3.63, 3.8) is 0 Å². The normalized spacial score (nSPS) is 11.0. The van der Waals surface area contributed by atoms with Crippen LogP contribution >= 0.6 is 23.2 Å². The van der Waals surface area contributed by atoms with Gasteiger partial charge in [0, 0.05) is 15.6 Å². The number of amides is 1. The predicted molar refractivity (Wildman–Crippen MR) is 141 cm³/mol. The first-order valence-electron chi connectivity index (χ1n) is 10.6. The van der Waals surface area contributed by atoms with E-state index in [1.54, 1.807) is 54.6 Å². The van der Waals surface area contributed by atoms with Crippen LogP contribution in [0.5, 0.6) is 17.2 Å². The van der Waals surface area contributed by atoms with E-state index in [2.05, 4.69) is 10.0 Å². The molecule has 0 aromatic heterocycles. The fourth-order valence-corrected chi connectivity index (χ4v) is 4.72. The molecule has 0 saturated carbocycles. The molecular weight excluding hydrogens is 523 g/mol. The summed E-state index contributed by atoms with van der Waals surface area (Å²) in [6.45, 7) is 0. The van der Waals surface area contributed by atoms with Crippen LogP contribution in [0, 0.1) is 0 Å². The molecule has 4 aromatic carbocycles. The highest BCUT2D eigenvalue weighted by molar-refractivity contribution is 7.92. The maximum absolute atomic E-state index is 13.3. The summed E-state index contributed by atoms with van der Waals surface area (Å²) in [5, 5.41) is 3.38. The highest BCUT2D eigenvalue weighted by Crippen LogP contribution is 2.35. The molecule has 0 aliphatic rings. The molecule has 0 heterocycles. The van der Waals surface area contributed by atoms with Gasteiger partial charge < -0.3 is 14.8 Å². The molecule has 0 bridgehead atoms. The Labute approximate surface area is 218 Å². The molecule has 0 spiro atoms. The quantitative estimate of drug-likeness (QED) is 0.254. The third-order valence-electron chi connectivity index (χ3n) is 4.97. The van der Waals surface area contributed by atoms with Crippen LogP contribution in [0.25, 0.3) is 0 Å². The molecule has 0 radical (unpaired) electrons. The molecule has 0 fully saturated rings. The van der Waals surface area contributed by atoms with Gasteiger partial charge in [-0.1, -0.05) is 47.5 Å². The van der Waals surface area contributed by atoms with Crippen molar-refractivity contribution in [2.24, 2.45) is 0 Å². The second-order valence-corrected chi connectivity index (χ2v) is 10.0. The molecule has 0 aliphatic heterocycles. The summed E-state index contributed by atoms with van der Waals surface area (Å²) in [5.41, 5.74) is 0.612. The van der Waals surface area contributed by atoms with Gasteiger partial charge in [-0.3, -0.25) is 9.52 Å². The summed E-state index contributed by atoms with van der Waals surface area (Å²) >= 11 is 12.1. The molecule has 0 unspecified atom stereocenters. The van der Waals surface area contributed by atoms with Crippen molar-refractivity contribution >= 4 is 50.5 Å². The number of halogens is 2. The maximum atomic E-state index is 13.3. The molecule has 0 atom stereocenters. The van der Waals surface area contributed by atoms with Gasteiger partial charge in [-0.15, -0.1) is 0 Å². The Morgan fingerprint density at radius 2 is 1.50 bits per heavy atom. The van der Waals surface area contributed by atoms with Crippen molar-refractivity contribution in [3.8, 4) is 17.2 Å². The number of hydrogen-bond donors (Lipinski definition) is 2. The second-order valence-electron chi connectivity index (χ2n) is 7.49. The second kappa shape index (κ2) is 10.9. The van der Waals surface area contributed by atoms with Gasteiger partial charge in [-0.2, -0.15) is 0 Å². The van der Waals surface area contributed by atoms with Crippen molar-refractivity contribution in [1.82, 2.24) is 0 Å². The van der Waals surface area contributed by atoms with Crippen molar-refractivity contribution < 1.29 is 22.7 Å². The third kappa shape index (κ3) is 6.09. The summed E-state index contributed by atoms with van der Waals surface area (Å²) < 4.78 is 40.2. The van der Waals surface area contributed by atoms with Crippen LogP contribution in [0.2, 0.25) is 10.0 Å². The van der Waals surface area contributed by atoms with Gasteiger partial charge in [0.1, 0.15) is 11.5 Å². The Bertz CT molecular complexity index is 1510. The van der Waals surface area contributed by atoms with Crippen LogP contribution in [-0.4, -0.2) is 21.4 Å². The number of nitrogens with one attached hydrogen (secondary N) is 2. The number of ether oxygens (including phenoxy) is 2. The number of benzene rings is 4. The lowest BCUT2D eigenvalue weighted by Gasteiger charge is -2.16. The van der Waals surface area contributed by atoms with Gasteiger partial charge >= 0.3 is 0 Å². The van der Waals surface area contributed by atoms with Crippen LogP contribution in [0.15, 0.2) is 95.9 Å². The lowest BCUT2D eigenvalue weighted by atomic mass is 10.2. The van der Waals surface area contributed by atoms with E-state index < -0.39 is 15.9 Å². The Balaban J connectivity index is 1.63. The molecule has 0 aliphatic carbocycles. The van der Waals surface area contributed by atoms with Crippen LogP contribution in [0.3, 0.4) is 0 Å². The SMILES string of the molecule is COc1ccc(S(=O)(=O)Nc2cc(Cl)ccc2Oc2ccccc2)cc1NC(=O)c1cccc(Cl)c1. The van der Waals surface area contributed by atoms with Gasteiger partial charge in [-0.05, 0) is 66.7 Å². The topological polar surface area (TPSA) is 93.7 Å². The smallest absolute Gasteiger partial charge is 0.262 e. The highest BCUT2D eigenvalue weighted by atomic mass is 35.5. The fourth-order valence-electron chi connectivity index (χ4n) is 3.27. The zero-order chi connectivity index (χ0) is 25.7. The number of sulfonamides is 1. The lowest BCUT2D eigenvalue weighted by Crippen LogP contribution is -2.16. The summed E-state index contributed by atoms with van der Waals surface area (Å²) in [7, 11) is -2.70. The number of methoxy groups -OCH3 is 1. The lowest BCUT2D eigenvalue weighted by molar-refractivity contribution is 0.102. The standard InChI is InChI=1S/C26H20Cl2N2O5S/c1-34-24-13-11-21(16-22(24)29-26(31)17-6-5-7-18(27)14-17)36(32,33)30-23-15-19(28)10-12-25(23)35-20-8-3-2-4-9-20/h2-16,30H,1H3,(H,29,31). The Morgan fingerprint density at radius 3 is 2.22 bits per heavy atom. The number of carbonyl (C=O) groups is 1. The zero-order valence-electron chi connectivity index (χ0n) is 18.9. The highest BCUT2D eigenvalue weighted by Gasteiger charge is 2.20. The van der Waals surface area contributed by atoms with Crippen LogP contribution in [0.1, 0.15) is 10.4 Å². The first-order valence-corrected chi connectivity index (χ1v) is 12.8. The van der Waals surface area contributed by atoms with Crippen LogP contribution < -0.4 is 19.5 Å². The number of anilines is 2. The average Bonchev–Trinajstić information content (AvgIpc) is 2.86. The molecule has 4 rings (SSSR count). The molecule has 2 N–H and O–H groups in total. The molecule has 1 amide bonds. The maximum Gasteiger partial charge on any atom is 0.262 e. The number of hydrogen-bond acceptors (Lipinski definition) is 5. The van der Waals surface area contributed by atoms with E-state index >= 15 is 0 Å². The Morgan fingerprint density at radius 1 is 0.778 bits per heavy atom. The Kier molecular flexibility index (Phi) is 7.69. The number of para-hydroxylation sites is 1. The summed E-state index contributed by atoms with van der Waals surface area (Å²) in [4.78, 5) is 12.6. The van der Waals surface area contributed by atoms with Gasteiger partial charge in [0.15, 0.2) is 5.75 Å². The summed E-state index contributed by atoms with van der Waals surface area (Å²) in [6.07, 6.45) is 0. The van der Waals surface area contributed by atoms with Crippen LogP contribution in [0.4, 0.5) is 11.4 Å². The number of rotatable bonds is 8. The zero-order valence-corrected chi connectivity index (χ0v) is 21.2. The predicted octanol–water partition coefficient (Wildman–Crippen LogP) is 6.85. The van der Waals surface area contributed by atoms with E-state index in [1.165, 1.54) is 37.4 Å². The minimum absolute atomic E-state index is 0.115. The van der Waals surface area contributed by atoms with Crippen molar-refractivity contribution in [2.75, 3.05) is 17.1 Å². The van der Waals surface area contributed by atoms with E-state index in [9.17, 15) is 13.2 Å². The van der Waals surface area contributed by atoms with Gasteiger partial charge in [0.2, 0.25) is 0 Å². The van der Waals surface area contributed by atoms with Crippen LogP contribution in [-0.2, 0) is 10.0 Å². The summed E-state index contributed by atoms with van der Waals surface area (Å²) in [5.74, 6) is 0.583. The molecule has 4 aromatic rings. The first kappa shape index (κ1) is 25.4. The fraction of sp³-hybridized carbons (Fsp3) is 0.0385. The minimum Gasteiger partial charge on any atom is -0.495 e. The van der Waals surface area contributed by atoms with E-state index in [-0.39, 0.29) is 27.8 Å². The minimum atomic E-state index is -4.12. The molecule has 36 heavy (non-hydrogen) atoms. The van der Waals surface area contributed by atoms with Crippen molar-refractivity contribution in [1.29, 1.82) is 0 Å². The van der Waals surface area contributed by atoms with E-state index in [0.717, 1.165) is 0 Å². The molecule has 184 valence electrons. The largest absolute Gasteiger partial charge is 0.495 e. The van der Waals surface area contributed by atoms with E-state index in [1.807, 2.05) is 6.07 Å². The van der Waals surface area contributed by atoms with Gasteiger partial charge in [0.05, 0.1) is 23.4 Å². The van der Waals surface area contributed by atoms with Gasteiger partial charge in [0.25, 0.3) is 15.9 Å². The van der Waals surface area contributed by atoms with Crippen molar-refractivity contribution in [3.05, 3.63) is 107 Å². The molecule has 10 heteroatoms. The monoisotopic (exact) mass is 542 g/mol. The van der Waals surface area contributed by atoms with E-state index in [0.29, 0.717) is 21.4 Å². The summed E-state index contributed by atoms with van der Waals surface area (Å²) in [6, 6.07) is 24.0.